The fourth-order valence-corrected chi connectivity index (χ4v) is 2.86. The summed E-state index contributed by atoms with van der Waals surface area (Å²) in [6, 6.07) is 13.6. The number of hydrogen-bond acceptors (Lipinski definition) is 3. The van der Waals surface area contributed by atoms with Gasteiger partial charge in [-0.05, 0) is 49.1 Å². The van der Waals surface area contributed by atoms with Crippen molar-refractivity contribution in [3.8, 4) is 5.75 Å². The highest BCUT2D eigenvalue weighted by atomic mass is 16.5. The van der Waals surface area contributed by atoms with E-state index in [1.807, 2.05) is 48.5 Å². The minimum atomic E-state index is -0.715. The zero-order valence-electron chi connectivity index (χ0n) is 14.2. The molecular formula is C20H22N2O3. The van der Waals surface area contributed by atoms with Crippen LogP contribution in [0.15, 0.2) is 54.6 Å². The molecule has 0 spiro atoms. The van der Waals surface area contributed by atoms with Crippen LogP contribution in [0, 0.1) is 5.92 Å². The number of fused-ring (bicyclic) bond motifs is 1. The van der Waals surface area contributed by atoms with E-state index in [4.69, 9.17) is 4.74 Å². The zero-order chi connectivity index (χ0) is 17.6. The van der Waals surface area contributed by atoms with Gasteiger partial charge in [-0.3, -0.25) is 20.4 Å². The molecule has 2 aromatic carbocycles. The molecule has 0 bridgehead atoms. The Morgan fingerprint density at radius 3 is 2.64 bits per heavy atom. The van der Waals surface area contributed by atoms with E-state index in [1.165, 1.54) is 0 Å². The lowest BCUT2D eigenvalue weighted by atomic mass is 9.94. The molecule has 0 aromatic heterocycles. The quantitative estimate of drug-likeness (QED) is 0.665. The monoisotopic (exact) mass is 338 g/mol. The van der Waals surface area contributed by atoms with Gasteiger partial charge in [0, 0.05) is 5.92 Å². The van der Waals surface area contributed by atoms with E-state index in [2.05, 4.69) is 16.9 Å². The number of carbonyl (C=O) groups is 2. The Morgan fingerprint density at radius 1 is 1.08 bits per heavy atom. The first-order valence-electron chi connectivity index (χ1n) is 8.53. The topological polar surface area (TPSA) is 67.4 Å². The second kappa shape index (κ2) is 7.83. The van der Waals surface area contributed by atoms with Gasteiger partial charge in [0.15, 0.2) is 6.10 Å². The van der Waals surface area contributed by atoms with Gasteiger partial charge >= 0.3 is 0 Å². The fraction of sp³-hybridized carbons (Fsp3) is 0.300. The third-order valence-electron chi connectivity index (χ3n) is 4.35. The van der Waals surface area contributed by atoms with Gasteiger partial charge in [-0.2, -0.15) is 0 Å². The van der Waals surface area contributed by atoms with Gasteiger partial charge in [0.2, 0.25) is 5.91 Å². The number of allylic oxidation sites excluding steroid dienone is 2. The average Bonchev–Trinajstić information content (AvgIpc) is 2.66. The van der Waals surface area contributed by atoms with Crippen molar-refractivity contribution in [1.82, 2.24) is 10.9 Å². The lowest BCUT2D eigenvalue weighted by Gasteiger charge is -2.19. The molecule has 0 radical (unpaired) electrons. The predicted octanol–water partition coefficient (Wildman–Crippen LogP) is 3.11. The second-order valence-corrected chi connectivity index (χ2v) is 6.23. The number of hydrazine groups is 1. The van der Waals surface area contributed by atoms with Crippen LogP contribution in [0.4, 0.5) is 0 Å². The number of amides is 2. The Hall–Kier alpha value is -2.82. The molecule has 130 valence electrons. The maximum atomic E-state index is 12.1. The van der Waals surface area contributed by atoms with Crippen molar-refractivity contribution in [3.63, 3.8) is 0 Å². The van der Waals surface area contributed by atoms with Crippen molar-refractivity contribution in [2.24, 2.45) is 5.92 Å². The number of rotatable bonds is 4. The van der Waals surface area contributed by atoms with Crippen LogP contribution in [0.5, 0.6) is 5.75 Å². The molecule has 0 saturated carbocycles. The highest BCUT2D eigenvalue weighted by Crippen LogP contribution is 2.21. The molecule has 1 aliphatic rings. The lowest BCUT2D eigenvalue weighted by molar-refractivity contribution is -0.134. The minimum Gasteiger partial charge on any atom is -0.481 e. The van der Waals surface area contributed by atoms with E-state index in [-0.39, 0.29) is 17.7 Å². The number of carbonyl (C=O) groups excluding carboxylic acids is 2. The molecule has 0 heterocycles. The standard InChI is InChI=1S/C20H22N2O3/c1-14(19(23)21-22-20(24)16-8-3-2-4-9-16)25-18-12-11-15-7-5-6-10-17(15)13-18/h2-3,5-7,10-14,16H,4,8-9H2,1H3,(H,21,23)(H,22,24)/t14-,16+/m0/s1. The molecule has 3 rings (SSSR count). The predicted molar refractivity (Wildman–Crippen MR) is 96.8 cm³/mol. The maximum absolute atomic E-state index is 12.1. The van der Waals surface area contributed by atoms with Crippen LogP contribution in [-0.4, -0.2) is 17.9 Å². The van der Waals surface area contributed by atoms with Crippen LogP contribution in [0.25, 0.3) is 10.8 Å². The van der Waals surface area contributed by atoms with Gasteiger partial charge in [0.1, 0.15) is 5.75 Å². The number of benzene rings is 2. The van der Waals surface area contributed by atoms with Crippen LogP contribution < -0.4 is 15.6 Å². The van der Waals surface area contributed by atoms with Crippen LogP contribution in [0.2, 0.25) is 0 Å². The van der Waals surface area contributed by atoms with Crippen LogP contribution in [0.1, 0.15) is 26.2 Å². The summed E-state index contributed by atoms with van der Waals surface area (Å²) >= 11 is 0. The Bertz CT molecular complexity index is 800. The molecule has 1 aliphatic carbocycles. The highest BCUT2D eigenvalue weighted by Gasteiger charge is 2.21. The molecule has 0 unspecified atom stereocenters. The molecule has 0 fully saturated rings. The van der Waals surface area contributed by atoms with Crippen molar-refractivity contribution in [3.05, 3.63) is 54.6 Å². The summed E-state index contributed by atoms with van der Waals surface area (Å²) in [5.41, 5.74) is 4.95. The first kappa shape index (κ1) is 17.0. The molecule has 0 aliphatic heterocycles. The van der Waals surface area contributed by atoms with Gasteiger partial charge in [-0.25, -0.2) is 0 Å². The Balaban J connectivity index is 1.52. The SMILES string of the molecule is C[C@H](Oc1ccc2ccccc2c1)C(=O)NNC(=O)[C@@H]1CC=CCC1. The zero-order valence-corrected chi connectivity index (χ0v) is 14.2. The molecular weight excluding hydrogens is 316 g/mol. The van der Waals surface area contributed by atoms with Crippen molar-refractivity contribution in [1.29, 1.82) is 0 Å². The Kier molecular flexibility index (Phi) is 5.33. The van der Waals surface area contributed by atoms with Crippen LogP contribution in [-0.2, 0) is 9.59 Å². The molecule has 2 amide bonds. The van der Waals surface area contributed by atoms with E-state index in [1.54, 1.807) is 6.92 Å². The normalized spacial score (nSPS) is 17.7. The van der Waals surface area contributed by atoms with Gasteiger partial charge in [0.25, 0.3) is 5.91 Å². The summed E-state index contributed by atoms with van der Waals surface area (Å²) in [4.78, 5) is 24.2. The van der Waals surface area contributed by atoms with Gasteiger partial charge in [-0.1, -0.05) is 42.5 Å². The Labute approximate surface area is 147 Å². The van der Waals surface area contributed by atoms with Crippen molar-refractivity contribution in [2.75, 3.05) is 0 Å². The van der Waals surface area contributed by atoms with E-state index >= 15 is 0 Å². The molecule has 5 heteroatoms. The largest absolute Gasteiger partial charge is 0.481 e. The van der Waals surface area contributed by atoms with Gasteiger partial charge in [0.05, 0.1) is 0 Å². The van der Waals surface area contributed by atoms with Crippen molar-refractivity contribution >= 4 is 22.6 Å². The van der Waals surface area contributed by atoms with E-state index < -0.39 is 6.10 Å². The van der Waals surface area contributed by atoms with Crippen molar-refractivity contribution < 1.29 is 14.3 Å². The number of nitrogens with one attached hydrogen (secondary N) is 2. The summed E-state index contributed by atoms with van der Waals surface area (Å²) in [7, 11) is 0. The number of hydrogen-bond donors (Lipinski definition) is 2. The molecule has 5 nitrogen and oxygen atoms in total. The Morgan fingerprint density at radius 2 is 1.88 bits per heavy atom. The van der Waals surface area contributed by atoms with E-state index in [9.17, 15) is 9.59 Å². The molecule has 2 N–H and O–H groups in total. The second-order valence-electron chi connectivity index (χ2n) is 6.23. The summed E-state index contributed by atoms with van der Waals surface area (Å²) < 4.78 is 5.69. The van der Waals surface area contributed by atoms with Gasteiger partial charge < -0.3 is 4.74 Å². The summed E-state index contributed by atoms with van der Waals surface area (Å²) in [5.74, 6) is -0.00410. The van der Waals surface area contributed by atoms with Crippen molar-refractivity contribution in [2.45, 2.75) is 32.3 Å². The molecule has 0 saturated heterocycles. The minimum absolute atomic E-state index is 0.0815. The first-order chi connectivity index (χ1) is 12.1. The van der Waals surface area contributed by atoms with E-state index in [0.717, 1.165) is 23.6 Å². The third kappa shape index (κ3) is 4.38. The number of ether oxygens (including phenoxy) is 1. The third-order valence-corrected chi connectivity index (χ3v) is 4.35. The fourth-order valence-electron chi connectivity index (χ4n) is 2.86. The van der Waals surface area contributed by atoms with Crippen LogP contribution in [0.3, 0.4) is 0 Å². The molecule has 2 atom stereocenters. The molecule has 2 aromatic rings. The smallest absolute Gasteiger partial charge is 0.279 e. The summed E-state index contributed by atoms with van der Waals surface area (Å²) in [6.45, 7) is 1.65. The summed E-state index contributed by atoms with van der Waals surface area (Å²) in [6.07, 6.45) is 5.77. The van der Waals surface area contributed by atoms with Gasteiger partial charge in [-0.15, -0.1) is 0 Å². The van der Waals surface area contributed by atoms with E-state index in [0.29, 0.717) is 12.2 Å². The highest BCUT2D eigenvalue weighted by molar-refractivity contribution is 5.86. The summed E-state index contributed by atoms with van der Waals surface area (Å²) in [5, 5.41) is 2.16. The van der Waals surface area contributed by atoms with Crippen LogP contribution >= 0.6 is 0 Å². The molecule has 25 heavy (non-hydrogen) atoms. The lowest BCUT2D eigenvalue weighted by Crippen LogP contribution is -2.49. The maximum Gasteiger partial charge on any atom is 0.279 e. The average molecular weight is 338 g/mol. The first-order valence-corrected chi connectivity index (χ1v) is 8.53.